The van der Waals surface area contributed by atoms with E-state index in [1.54, 1.807) is 21.3 Å². The largest absolute Gasteiger partial charge is 0.506 e. The molecule has 1 aromatic rings. The molecule has 0 N–H and O–H groups in total. The van der Waals surface area contributed by atoms with Crippen molar-refractivity contribution in [3.63, 3.8) is 0 Å². The highest BCUT2D eigenvalue weighted by molar-refractivity contribution is 6.60. The Balaban J connectivity index is 2.59. The molecule has 0 bridgehead atoms. The van der Waals surface area contributed by atoms with Gasteiger partial charge in [-0.25, -0.2) is 4.57 Å². The lowest BCUT2D eigenvalue weighted by molar-refractivity contribution is -0.694. The fraction of sp³-hybridized carbons (Fsp3) is 0.583. The quantitative estimate of drug-likeness (QED) is 0.546. The van der Waals surface area contributed by atoms with E-state index < -0.39 is 8.80 Å². The molecule has 96 valence electrons. The van der Waals surface area contributed by atoms with Gasteiger partial charge in [0.05, 0.1) is 6.04 Å². The highest BCUT2D eigenvalue weighted by atomic mass is 28.4. The van der Waals surface area contributed by atoms with E-state index in [1.807, 2.05) is 0 Å². The lowest BCUT2D eigenvalue weighted by atomic mass is 10.2. The van der Waals surface area contributed by atoms with E-state index in [1.165, 1.54) is 5.56 Å². The summed E-state index contributed by atoms with van der Waals surface area (Å²) in [6.45, 7) is 2.99. The van der Waals surface area contributed by atoms with Crippen LogP contribution < -0.4 is 4.57 Å². The lowest BCUT2D eigenvalue weighted by Gasteiger charge is -2.22. The zero-order valence-electron chi connectivity index (χ0n) is 11.1. The monoisotopic (exact) mass is 256 g/mol. The van der Waals surface area contributed by atoms with Gasteiger partial charge < -0.3 is 13.3 Å². The maximum absolute atomic E-state index is 5.38. The molecule has 1 rings (SSSR count). The number of hydrogen-bond donors (Lipinski definition) is 0. The van der Waals surface area contributed by atoms with Crippen molar-refractivity contribution in [1.29, 1.82) is 0 Å². The summed E-state index contributed by atoms with van der Waals surface area (Å²) in [5, 5.41) is 0. The van der Waals surface area contributed by atoms with Crippen LogP contribution in [0.4, 0.5) is 0 Å². The fourth-order valence-corrected chi connectivity index (χ4v) is 3.34. The van der Waals surface area contributed by atoms with Crippen LogP contribution in [0.25, 0.3) is 0 Å². The van der Waals surface area contributed by atoms with Crippen LogP contribution in [0.1, 0.15) is 12.5 Å². The van der Waals surface area contributed by atoms with Gasteiger partial charge in [0.25, 0.3) is 0 Å². The molecule has 0 aromatic carbocycles. The molecule has 0 unspecified atom stereocenters. The van der Waals surface area contributed by atoms with Crippen LogP contribution >= 0.6 is 0 Å². The van der Waals surface area contributed by atoms with E-state index in [2.05, 4.69) is 36.0 Å². The fourth-order valence-electron chi connectivity index (χ4n) is 1.70. The molecule has 0 fully saturated rings. The third-order valence-corrected chi connectivity index (χ3v) is 5.68. The Morgan fingerprint density at radius 1 is 1.06 bits per heavy atom. The van der Waals surface area contributed by atoms with Gasteiger partial charge in [0.2, 0.25) is 0 Å². The first-order chi connectivity index (χ1) is 8.19. The van der Waals surface area contributed by atoms with Crippen molar-refractivity contribution >= 4 is 8.80 Å². The lowest BCUT2D eigenvalue weighted by Crippen LogP contribution is -2.47. The molecule has 1 heterocycles. The summed E-state index contributed by atoms with van der Waals surface area (Å²) >= 11 is 0. The minimum Gasteiger partial charge on any atom is -0.377 e. The Bertz CT molecular complexity index is 317. The third-order valence-electron chi connectivity index (χ3n) is 2.98. The molecule has 0 amide bonds. The maximum Gasteiger partial charge on any atom is 0.506 e. The molecule has 0 spiro atoms. The van der Waals surface area contributed by atoms with Crippen LogP contribution in [-0.4, -0.2) is 30.1 Å². The SMILES string of the molecule is CCc1cc[n+](CC[Si](OC)(OC)OC)cc1. The van der Waals surface area contributed by atoms with Gasteiger partial charge in [-0.2, -0.15) is 0 Å². The second-order valence-corrected chi connectivity index (χ2v) is 6.93. The summed E-state index contributed by atoms with van der Waals surface area (Å²) in [4.78, 5) is 0. The van der Waals surface area contributed by atoms with Gasteiger partial charge >= 0.3 is 8.80 Å². The average molecular weight is 256 g/mol. The Hall–Kier alpha value is -0.753. The van der Waals surface area contributed by atoms with E-state index in [0.29, 0.717) is 0 Å². The molecule has 0 atom stereocenters. The van der Waals surface area contributed by atoms with Crippen LogP contribution in [0.3, 0.4) is 0 Å². The molecule has 5 heteroatoms. The smallest absolute Gasteiger partial charge is 0.377 e. The summed E-state index contributed by atoms with van der Waals surface area (Å²) in [6, 6.07) is 5.04. The van der Waals surface area contributed by atoms with Gasteiger partial charge in [-0.3, -0.25) is 0 Å². The highest BCUT2D eigenvalue weighted by Gasteiger charge is 2.38. The van der Waals surface area contributed by atoms with Crippen molar-refractivity contribution in [2.45, 2.75) is 25.9 Å². The molecular weight excluding hydrogens is 234 g/mol. The van der Waals surface area contributed by atoms with Crippen LogP contribution in [0.5, 0.6) is 0 Å². The number of aryl methyl sites for hydroxylation is 2. The van der Waals surface area contributed by atoms with Crippen molar-refractivity contribution < 1.29 is 17.8 Å². The molecule has 0 saturated carbocycles. The minimum atomic E-state index is -2.44. The van der Waals surface area contributed by atoms with Crippen LogP contribution in [-0.2, 0) is 26.2 Å². The molecule has 1 aromatic heterocycles. The second kappa shape index (κ2) is 6.86. The first kappa shape index (κ1) is 14.3. The van der Waals surface area contributed by atoms with E-state index in [9.17, 15) is 0 Å². The molecule has 4 nitrogen and oxygen atoms in total. The molecule has 0 saturated heterocycles. The predicted octanol–water partition coefficient (Wildman–Crippen LogP) is 1.41. The molecule has 17 heavy (non-hydrogen) atoms. The van der Waals surface area contributed by atoms with E-state index in [-0.39, 0.29) is 0 Å². The van der Waals surface area contributed by atoms with Crippen LogP contribution in [0.2, 0.25) is 6.04 Å². The van der Waals surface area contributed by atoms with Crippen LogP contribution in [0, 0.1) is 0 Å². The normalized spacial score (nSPS) is 11.8. The highest BCUT2D eigenvalue weighted by Crippen LogP contribution is 2.11. The summed E-state index contributed by atoms with van der Waals surface area (Å²) in [7, 11) is 2.49. The summed E-state index contributed by atoms with van der Waals surface area (Å²) in [6.07, 6.45) is 5.23. The number of aromatic nitrogens is 1. The Kier molecular flexibility index (Phi) is 5.77. The van der Waals surface area contributed by atoms with Crippen molar-refractivity contribution in [1.82, 2.24) is 0 Å². The molecular formula is C12H22NO3Si+. The Morgan fingerprint density at radius 3 is 2.00 bits per heavy atom. The van der Waals surface area contributed by atoms with E-state index in [0.717, 1.165) is 19.0 Å². The number of hydrogen-bond acceptors (Lipinski definition) is 3. The Morgan fingerprint density at radius 2 is 1.59 bits per heavy atom. The zero-order valence-corrected chi connectivity index (χ0v) is 12.1. The van der Waals surface area contributed by atoms with Crippen molar-refractivity contribution in [2.24, 2.45) is 0 Å². The van der Waals surface area contributed by atoms with Crippen LogP contribution in [0.15, 0.2) is 24.5 Å². The second-order valence-electron chi connectivity index (χ2n) is 3.84. The summed E-state index contributed by atoms with van der Waals surface area (Å²) < 4.78 is 18.3. The zero-order chi connectivity index (χ0) is 12.7. The van der Waals surface area contributed by atoms with Gasteiger partial charge in [-0.15, -0.1) is 0 Å². The molecule has 0 radical (unpaired) electrons. The number of pyridine rings is 1. The number of nitrogens with zero attached hydrogens (tertiary/aromatic N) is 1. The van der Waals surface area contributed by atoms with E-state index in [4.69, 9.17) is 13.3 Å². The van der Waals surface area contributed by atoms with Gasteiger partial charge in [-0.1, -0.05) is 6.92 Å². The topological polar surface area (TPSA) is 31.6 Å². The van der Waals surface area contributed by atoms with Crippen molar-refractivity contribution in [3.05, 3.63) is 30.1 Å². The summed E-state index contributed by atoms with van der Waals surface area (Å²) in [5.41, 5.74) is 1.34. The van der Waals surface area contributed by atoms with Crippen molar-refractivity contribution in [2.75, 3.05) is 21.3 Å². The third kappa shape index (κ3) is 3.88. The minimum absolute atomic E-state index is 0.770. The average Bonchev–Trinajstić information content (AvgIpc) is 2.41. The molecule has 0 aliphatic heterocycles. The maximum atomic E-state index is 5.38. The number of rotatable bonds is 7. The standard InChI is InChI=1S/C12H22NO3Si/c1-5-12-6-8-13(9-7-12)10-11-17(14-2,15-3)16-4/h6-9H,5,10-11H2,1-4H3/q+1. The van der Waals surface area contributed by atoms with Gasteiger partial charge in [-0.05, 0) is 12.0 Å². The van der Waals surface area contributed by atoms with E-state index >= 15 is 0 Å². The first-order valence-electron chi connectivity index (χ1n) is 5.83. The van der Waals surface area contributed by atoms with Gasteiger partial charge in [0, 0.05) is 33.5 Å². The van der Waals surface area contributed by atoms with Gasteiger partial charge in [0.15, 0.2) is 18.9 Å². The summed E-state index contributed by atoms with van der Waals surface area (Å²) in [5.74, 6) is 0. The molecule has 0 aliphatic rings. The van der Waals surface area contributed by atoms with Crippen molar-refractivity contribution in [3.8, 4) is 0 Å². The van der Waals surface area contributed by atoms with Gasteiger partial charge in [0.1, 0.15) is 0 Å². The Labute approximate surface area is 105 Å². The first-order valence-corrected chi connectivity index (χ1v) is 7.76. The molecule has 0 aliphatic carbocycles. The predicted molar refractivity (Wildman–Crippen MR) is 67.6 cm³/mol.